The summed E-state index contributed by atoms with van der Waals surface area (Å²) in [5.74, 6) is 0. The summed E-state index contributed by atoms with van der Waals surface area (Å²) in [4.78, 5) is 10.8. The third-order valence-corrected chi connectivity index (χ3v) is 2.99. The first kappa shape index (κ1) is 14.3. The van der Waals surface area contributed by atoms with E-state index >= 15 is 0 Å². The van der Waals surface area contributed by atoms with Crippen LogP contribution in [0.1, 0.15) is 32.6 Å². The molecule has 2 rings (SSSR count). The van der Waals surface area contributed by atoms with Gasteiger partial charge in [-0.15, -0.1) is 0 Å². The lowest BCUT2D eigenvalue weighted by atomic mass is 10.00. The van der Waals surface area contributed by atoms with E-state index in [9.17, 15) is 18.0 Å². The van der Waals surface area contributed by atoms with E-state index in [1.165, 1.54) is 12.1 Å². The normalized spacial score (nSPS) is 11.4. The van der Waals surface area contributed by atoms with Crippen molar-refractivity contribution in [1.29, 1.82) is 0 Å². The van der Waals surface area contributed by atoms with Crippen LogP contribution in [0.15, 0.2) is 42.5 Å². The van der Waals surface area contributed by atoms with Crippen LogP contribution < -0.4 is 0 Å². The Balaban J connectivity index is 2.22. The van der Waals surface area contributed by atoms with Gasteiger partial charge in [0.1, 0.15) is 6.29 Å². The fraction of sp³-hybridized carbons (Fsp3) is 0.188. The largest absolute Gasteiger partial charge is 0.416 e. The van der Waals surface area contributed by atoms with E-state index in [0.29, 0.717) is 12.0 Å². The molecular weight excluding hydrogens is 265 g/mol. The van der Waals surface area contributed by atoms with Gasteiger partial charge in [0.2, 0.25) is 0 Å². The number of alkyl halides is 3. The monoisotopic (exact) mass is 278 g/mol. The minimum atomic E-state index is -4.31. The maximum absolute atomic E-state index is 12.5. The van der Waals surface area contributed by atoms with Crippen molar-refractivity contribution in [2.24, 2.45) is 0 Å². The average molecular weight is 278 g/mol. The van der Waals surface area contributed by atoms with Crippen molar-refractivity contribution in [2.45, 2.75) is 19.5 Å². The highest BCUT2D eigenvalue weighted by molar-refractivity contribution is 5.75. The van der Waals surface area contributed by atoms with Gasteiger partial charge in [0.05, 0.1) is 5.56 Å². The van der Waals surface area contributed by atoms with Crippen molar-refractivity contribution in [3.63, 3.8) is 0 Å². The standard InChI is InChI=1S/C16H13F3O/c1-11-6-13(9-14(7-11)10-20)8-12-2-4-15(5-3-12)16(17,18)19/h2-7,9-10H,8H2,1H3. The van der Waals surface area contributed by atoms with Crippen LogP contribution in [-0.4, -0.2) is 6.29 Å². The van der Waals surface area contributed by atoms with Gasteiger partial charge in [-0.3, -0.25) is 4.79 Å². The maximum atomic E-state index is 12.5. The molecule has 0 heterocycles. The van der Waals surface area contributed by atoms with Crippen molar-refractivity contribution in [3.05, 3.63) is 70.3 Å². The van der Waals surface area contributed by atoms with Crippen LogP contribution in [0.3, 0.4) is 0 Å². The smallest absolute Gasteiger partial charge is 0.298 e. The highest BCUT2D eigenvalue weighted by Gasteiger charge is 2.29. The minimum absolute atomic E-state index is 0.501. The molecule has 0 saturated heterocycles. The number of halogens is 3. The molecule has 0 aliphatic heterocycles. The number of carbonyl (C=O) groups excluding carboxylic acids is 1. The predicted molar refractivity (Wildman–Crippen MR) is 70.8 cm³/mol. The third-order valence-electron chi connectivity index (χ3n) is 2.99. The van der Waals surface area contributed by atoms with Crippen LogP contribution in [0.2, 0.25) is 0 Å². The summed E-state index contributed by atoms with van der Waals surface area (Å²) in [5, 5.41) is 0. The van der Waals surface area contributed by atoms with Crippen LogP contribution >= 0.6 is 0 Å². The van der Waals surface area contributed by atoms with Gasteiger partial charge < -0.3 is 0 Å². The summed E-state index contributed by atoms with van der Waals surface area (Å²) < 4.78 is 37.4. The van der Waals surface area contributed by atoms with Crippen LogP contribution in [0.5, 0.6) is 0 Å². The molecule has 4 heteroatoms. The highest BCUT2D eigenvalue weighted by Crippen LogP contribution is 2.29. The van der Waals surface area contributed by atoms with Gasteiger partial charge in [-0.1, -0.05) is 23.8 Å². The second-order valence-electron chi connectivity index (χ2n) is 4.74. The molecule has 104 valence electrons. The summed E-state index contributed by atoms with van der Waals surface area (Å²) in [6.07, 6.45) is -3.05. The molecule has 0 radical (unpaired) electrons. The highest BCUT2D eigenvalue weighted by atomic mass is 19.4. The molecule has 2 aromatic rings. The molecule has 0 spiro atoms. The van der Waals surface area contributed by atoms with Crippen LogP contribution in [0, 0.1) is 6.92 Å². The molecule has 0 bridgehead atoms. The number of aldehydes is 1. The van der Waals surface area contributed by atoms with Crippen molar-refractivity contribution < 1.29 is 18.0 Å². The Bertz CT molecular complexity index is 613. The fourth-order valence-electron chi connectivity index (χ4n) is 2.11. The second kappa shape index (κ2) is 5.49. The van der Waals surface area contributed by atoms with Gasteiger partial charge in [-0.25, -0.2) is 0 Å². The predicted octanol–water partition coefficient (Wildman–Crippen LogP) is 4.42. The first-order valence-corrected chi connectivity index (χ1v) is 6.10. The van der Waals surface area contributed by atoms with Crippen molar-refractivity contribution in [1.82, 2.24) is 0 Å². The number of carbonyl (C=O) groups is 1. The lowest BCUT2D eigenvalue weighted by molar-refractivity contribution is -0.137. The molecule has 0 atom stereocenters. The fourth-order valence-corrected chi connectivity index (χ4v) is 2.11. The molecule has 0 saturated carbocycles. The van der Waals surface area contributed by atoms with E-state index in [0.717, 1.165) is 35.1 Å². The van der Waals surface area contributed by atoms with Gasteiger partial charge in [-0.2, -0.15) is 13.2 Å². The zero-order valence-corrected chi connectivity index (χ0v) is 10.9. The Hall–Kier alpha value is -2.10. The molecule has 20 heavy (non-hydrogen) atoms. The van der Waals surface area contributed by atoms with E-state index in [1.807, 2.05) is 13.0 Å². The van der Waals surface area contributed by atoms with Crippen molar-refractivity contribution >= 4 is 6.29 Å². The Morgan fingerprint density at radius 1 is 1.00 bits per heavy atom. The topological polar surface area (TPSA) is 17.1 Å². The molecule has 0 unspecified atom stereocenters. The summed E-state index contributed by atoms with van der Waals surface area (Å²) in [5.41, 5.74) is 2.56. The minimum Gasteiger partial charge on any atom is -0.298 e. The van der Waals surface area contributed by atoms with Crippen molar-refractivity contribution in [2.75, 3.05) is 0 Å². The average Bonchev–Trinajstić information content (AvgIpc) is 2.37. The summed E-state index contributed by atoms with van der Waals surface area (Å²) in [7, 11) is 0. The Morgan fingerprint density at radius 3 is 2.20 bits per heavy atom. The Kier molecular flexibility index (Phi) is 3.93. The van der Waals surface area contributed by atoms with E-state index in [-0.39, 0.29) is 0 Å². The molecule has 0 aliphatic rings. The molecule has 0 aliphatic carbocycles. The van der Waals surface area contributed by atoms with Gasteiger partial charge in [0.15, 0.2) is 0 Å². The van der Waals surface area contributed by atoms with E-state index < -0.39 is 11.7 Å². The molecule has 1 nitrogen and oxygen atoms in total. The van der Waals surface area contributed by atoms with E-state index in [2.05, 4.69) is 0 Å². The molecule has 0 aromatic heterocycles. The lowest BCUT2D eigenvalue weighted by Gasteiger charge is -2.08. The zero-order valence-electron chi connectivity index (χ0n) is 10.9. The SMILES string of the molecule is Cc1cc(C=O)cc(Cc2ccc(C(F)(F)F)cc2)c1. The zero-order chi connectivity index (χ0) is 14.8. The Labute approximate surface area is 115 Å². The molecule has 0 fully saturated rings. The van der Waals surface area contributed by atoms with Gasteiger partial charge in [0, 0.05) is 5.56 Å². The maximum Gasteiger partial charge on any atom is 0.416 e. The van der Waals surface area contributed by atoms with E-state index in [4.69, 9.17) is 0 Å². The first-order chi connectivity index (χ1) is 9.38. The molecule has 0 N–H and O–H groups in total. The number of hydrogen-bond donors (Lipinski definition) is 0. The number of hydrogen-bond acceptors (Lipinski definition) is 1. The van der Waals surface area contributed by atoms with Gasteiger partial charge >= 0.3 is 6.18 Å². The summed E-state index contributed by atoms with van der Waals surface area (Å²) in [6.45, 7) is 1.88. The van der Waals surface area contributed by atoms with Gasteiger partial charge in [-0.05, 0) is 48.7 Å². The van der Waals surface area contributed by atoms with Crippen LogP contribution in [0.4, 0.5) is 13.2 Å². The van der Waals surface area contributed by atoms with Gasteiger partial charge in [0.25, 0.3) is 0 Å². The van der Waals surface area contributed by atoms with Crippen LogP contribution in [-0.2, 0) is 12.6 Å². The number of rotatable bonds is 3. The number of benzene rings is 2. The Morgan fingerprint density at radius 2 is 1.65 bits per heavy atom. The summed E-state index contributed by atoms with van der Waals surface area (Å²) in [6, 6.07) is 10.5. The summed E-state index contributed by atoms with van der Waals surface area (Å²) >= 11 is 0. The third kappa shape index (κ3) is 3.47. The van der Waals surface area contributed by atoms with Crippen LogP contribution in [0.25, 0.3) is 0 Å². The lowest BCUT2D eigenvalue weighted by Crippen LogP contribution is -2.04. The second-order valence-corrected chi connectivity index (χ2v) is 4.74. The van der Waals surface area contributed by atoms with Crippen molar-refractivity contribution in [3.8, 4) is 0 Å². The number of aryl methyl sites for hydroxylation is 1. The molecule has 2 aromatic carbocycles. The quantitative estimate of drug-likeness (QED) is 0.760. The van der Waals surface area contributed by atoms with E-state index in [1.54, 1.807) is 12.1 Å². The molecular formula is C16H13F3O. The molecule has 0 amide bonds. The first-order valence-electron chi connectivity index (χ1n) is 6.10.